The van der Waals surface area contributed by atoms with Gasteiger partial charge >= 0.3 is 11.8 Å². The van der Waals surface area contributed by atoms with E-state index in [1.807, 2.05) is 39.5 Å². The van der Waals surface area contributed by atoms with Crippen LogP contribution in [0.3, 0.4) is 0 Å². The highest BCUT2D eigenvalue weighted by Gasteiger charge is 2.34. The molecule has 4 heterocycles. The molecule has 1 N–H and O–H groups in total. The molecule has 0 saturated carbocycles. The maximum absolute atomic E-state index is 14.8. The number of fused-ring (bicyclic) bond motifs is 1. The minimum atomic E-state index is -1.01. The van der Waals surface area contributed by atoms with Gasteiger partial charge < -0.3 is 14.9 Å². The molecule has 11 heteroatoms. The van der Waals surface area contributed by atoms with Gasteiger partial charge in [0.2, 0.25) is 0 Å². The minimum Gasteiger partial charge on any atom is -0.465 e. The first-order valence-electron chi connectivity index (χ1n) is 12.0. The number of hydrogen-bond acceptors (Lipinski definition) is 6. The van der Waals surface area contributed by atoms with Crippen LogP contribution in [0.5, 0.6) is 0 Å². The van der Waals surface area contributed by atoms with Gasteiger partial charge in [-0.1, -0.05) is 39.3 Å². The Kier molecular flexibility index (Phi) is 6.92. The summed E-state index contributed by atoms with van der Waals surface area (Å²) in [6.07, 6.45) is 2.43. The third-order valence-electron chi connectivity index (χ3n) is 6.70. The van der Waals surface area contributed by atoms with Crippen molar-refractivity contribution in [2.24, 2.45) is 0 Å². The van der Waals surface area contributed by atoms with Crippen molar-refractivity contribution >= 4 is 34.5 Å². The summed E-state index contributed by atoms with van der Waals surface area (Å²) in [5, 5.41) is 9.50. The first-order chi connectivity index (χ1) is 16.9. The zero-order chi connectivity index (χ0) is 26.5. The molecule has 0 bridgehead atoms. The van der Waals surface area contributed by atoms with Crippen LogP contribution in [0.2, 0.25) is 5.15 Å². The number of pyridine rings is 2. The predicted molar refractivity (Wildman–Crippen MR) is 137 cm³/mol. The molecule has 192 valence electrons. The van der Waals surface area contributed by atoms with Crippen LogP contribution in [0.15, 0.2) is 23.3 Å². The number of rotatable bonds is 4. The fourth-order valence-electron chi connectivity index (χ4n) is 4.78. The van der Waals surface area contributed by atoms with E-state index < -0.39 is 17.6 Å². The Labute approximate surface area is 213 Å². The summed E-state index contributed by atoms with van der Waals surface area (Å²) < 4.78 is 16.2. The van der Waals surface area contributed by atoms with Gasteiger partial charge in [0.05, 0.1) is 11.1 Å². The fraction of sp³-hybridized carbons (Fsp3) is 0.480. The Balaban J connectivity index is 2.04. The lowest BCUT2D eigenvalue weighted by molar-refractivity contribution is 0.114. The van der Waals surface area contributed by atoms with Crippen LogP contribution in [-0.4, -0.2) is 60.8 Å². The lowest BCUT2D eigenvalue weighted by Gasteiger charge is -2.43. The van der Waals surface area contributed by atoms with E-state index >= 15 is 0 Å². The first kappa shape index (κ1) is 25.8. The lowest BCUT2D eigenvalue weighted by Crippen LogP contribution is -2.58. The normalized spacial score (nSPS) is 18.5. The van der Waals surface area contributed by atoms with Crippen molar-refractivity contribution in [3.63, 3.8) is 0 Å². The van der Waals surface area contributed by atoms with Crippen molar-refractivity contribution in [2.75, 3.05) is 18.0 Å². The van der Waals surface area contributed by atoms with Crippen LogP contribution in [0.1, 0.15) is 64.5 Å². The van der Waals surface area contributed by atoms with E-state index in [4.69, 9.17) is 11.6 Å². The molecule has 1 aliphatic heterocycles. The van der Waals surface area contributed by atoms with E-state index in [0.29, 0.717) is 11.1 Å². The average Bonchev–Trinajstić information content (AvgIpc) is 2.80. The summed E-state index contributed by atoms with van der Waals surface area (Å²) in [7, 11) is 0. The quantitative estimate of drug-likeness (QED) is 0.497. The molecule has 0 unspecified atom stereocenters. The number of carbonyl (C=O) groups is 1. The van der Waals surface area contributed by atoms with Gasteiger partial charge in [0.1, 0.15) is 5.82 Å². The molecule has 0 aliphatic carbocycles. The molecule has 2 atom stereocenters. The Morgan fingerprint density at radius 3 is 2.25 bits per heavy atom. The molecule has 3 aromatic heterocycles. The minimum absolute atomic E-state index is 0.0358. The van der Waals surface area contributed by atoms with Crippen molar-refractivity contribution < 1.29 is 14.3 Å². The van der Waals surface area contributed by atoms with Crippen molar-refractivity contribution in [2.45, 2.75) is 65.5 Å². The Hall–Kier alpha value is -3.27. The maximum Gasteiger partial charge on any atom is 0.407 e. The van der Waals surface area contributed by atoms with Crippen molar-refractivity contribution in [3.8, 4) is 5.69 Å². The van der Waals surface area contributed by atoms with Gasteiger partial charge in [-0.3, -0.25) is 4.98 Å². The average molecular weight is 517 g/mol. The molecule has 1 fully saturated rings. The molecule has 1 aliphatic rings. The lowest BCUT2D eigenvalue weighted by atomic mass is 9.95. The van der Waals surface area contributed by atoms with Gasteiger partial charge in [0, 0.05) is 37.6 Å². The second kappa shape index (κ2) is 9.65. The summed E-state index contributed by atoms with van der Waals surface area (Å²) >= 11 is 6.13. The highest BCUT2D eigenvalue weighted by molar-refractivity contribution is 6.30. The third kappa shape index (κ3) is 4.38. The zero-order valence-electron chi connectivity index (χ0n) is 21.2. The summed E-state index contributed by atoms with van der Waals surface area (Å²) in [4.78, 5) is 41.7. The molecule has 0 aromatic carbocycles. The summed E-state index contributed by atoms with van der Waals surface area (Å²) in [5.41, 5.74) is 1.89. The van der Waals surface area contributed by atoms with Crippen LogP contribution in [0.25, 0.3) is 16.7 Å². The molecule has 1 saturated heterocycles. The largest absolute Gasteiger partial charge is 0.465 e. The number of carboxylic acid groups (broad SMARTS) is 1. The molecule has 0 spiro atoms. The van der Waals surface area contributed by atoms with Gasteiger partial charge in [0.25, 0.3) is 0 Å². The number of anilines is 1. The Bertz CT molecular complexity index is 1370. The van der Waals surface area contributed by atoms with E-state index in [2.05, 4.69) is 15.0 Å². The van der Waals surface area contributed by atoms with Gasteiger partial charge in [-0.2, -0.15) is 4.98 Å². The smallest absolute Gasteiger partial charge is 0.407 e. The van der Waals surface area contributed by atoms with E-state index in [1.54, 1.807) is 19.3 Å². The Morgan fingerprint density at radius 1 is 1.08 bits per heavy atom. The summed E-state index contributed by atoms with van der Waals surface area (Å²) in [6, 6.07) is 0.582. The van der Waals surface area contributed by atoms with Gasteiger partial charge in [-0.05, 0) is 42.9 Å². The summed E-state index contributed by atoms with van der Waals surface area (Å²) in [5.74, 6) is -0.405. The third-order valence-corrected chi connectivity index (χ3v) is 6.97. The zero-order valence-corrected chi connectivity index (χ0v) is 21.9. The van der Waals surface area contributed by atoms with Crippen LogP contribution < -0.4 is 10.6 Å². The monoisotopic (exact) mass is 516 g/mol. The van der Waals surface area contributed by atoms with Crippen molar-refractivity contribution in [1.29, 1.82) is 0 Å². The summed E-state index contributed by atoms with van der Waals surface area (Å²) in [6.45, 7) is 12.1. The van der Waals surface area contributed by atoms with Gasteiger partial charge in [-0.15, -0.1) is 0 Å². The first-order valence-corrected chi connectivity index (χ1v) is 12.3. The highest BCUT2D eigenvalue weighted by Crippen LogP contribution is 2.34. The van der Waals surface area contributed by atoms with E-state index in [-0.39, 0.29) is 53.6 Å². The van der Waals surface area contributed by atoms with E-state index in [1.165, 1.54) is 15.5 Å². The van der Waals surface area contributed by atoms with Gasteiger partial charge in [-0.25, -0.2) is 23.5 Å². The number of halogens is 2. The molecular weight excluding hydrogens is 487 g/mol. The van der Waals surface area contributed by atoms with Crippen molar-refractivity contribution in [1.82, 2.24) is 24.4 Å². The maximum atomic E-state index is 14.8. The molecule has 0 radical (unpaired) electrons. The topological polar surface area (TPSA) is 104 Å². The standard InChI is InChI=1S/C25H30ClFN6O3/c1-12(2)17-8-28-9-18(13(3)4)20(17)33-23-16(7-19(27)21(26)29-23)22(30-24(33)34)31-10-15(6)32(25(35)36)11-14(31)5/h7-9,12-15H,10-11H2,1-6H3,(H,35,36)/t14-,15+/m0/s1. The van der Waals surface area contributed by atoms with Crippen LogP contribution >= 0.6 is 11.6 Å². The van der Waals surface area contributed by atoms with Crippen LogP contribution in [0, 0.1) is 5.82 Å². The molecule has 1 amide bonds. The van der Waals surface area contributed by atoms with Crippen molar-refractivity contribution in [3.05, 3.63) is 51.0 Å². The second-order valence-electron chi connectivity index (χ2n) is 9.95. The second-order valence-corrected chi connectivity index (χ2v) is 10.3. The highest BCUT2D eigenvalue weighted by atomic mass is 35.5. The predicted octanol–water partition coefficient (Wildman–Crippen LogP) is 4.79. The van der Waals surface area contributed by atoms with E-state index in [9.17, 15) is 19.1 Å². The number of amides is 1. The molecule has 3 aromatic rings. The number of aromatic nitrogens is 4. The number of nitrogens with zero attached hydrogens (tertiary/aromatic N) is 6. The molecule has 4 rings (SSSR count). The molecular formula is C25H30ClFN6O3. The number of hydrogen-bond donors (Lipinski definition) is 1. The van der Waals surface area contributed by atoms with Crippen LogP contribution in [-0.2, 0) is 0 Å². The molecule has 36 heavy (non-hydrogen) atoms. The fourth-order valence-corrected chi connectivity index (χ4v) is 4.92. The Morgan fingerprint density at radius 2 is 1.69 bits per heavy atom. The van der Waals surface area contributed by atoms with E-state index in [0.717, 1.165) is 11.1 Å². The number of piperazine rings is 1. The molecule has 9 nitrogen and oxygen atoms in total. The van der Waals surface area contributed by atoms with Gasteiger partial charge in [0.15, 0.2) is 16.6 Å². The van der Waals surface area contributed by atoms with Crippen LogP contribution in [0.4, 0.5) is 15.0 Å². The SMILES string of the molecule is CC(C)c1cncc(C(C)C)c1-n1c(=O)nc(N2C[C@@H](C)N(C(=O)O)C[C@@H]2C)c2cc(F)c(Cl)nc21.